The lowest BCUT2D eigenvalue weighted by Gasteiger charge is -2.27. The van der Waals surface area contributed by atoms with Gasteiger partial charge in [0.25, 0.3) is 0 Å². The zero-order valence-electron chi connectivity index (χ0n) is 10.7. The average molecular weight is 281 g/mol. The van der Waals surface area contributed by atoms with Gasteiger partial charge in [-0.05, 0) is 36.4 Å². The molecule has 2 rings (SSSR count). The number of halogens is 1. The highest BCUT2D eigenvalue weighted by Gasteiger charge is 2.21. The Morgan fingerprint density at radius 3 is 3.00 bits per heavy atom. The molecule has 1 unspecified atom stereocenters. The van der Waals surface area contributed by atoms with E-state index in [9.17, 15) is 9.18 Å². The molecule has 0 aliphatic carbocycles. The maximum atomic E-state index is 13.3. The highest BCUT2D eigenvalue weighted by Crippen LogP contribution is 2.29. The quantitative estimate of drug-likeness (QED) is 0.862. The van der Waals surface area contributed by atoms with Crippen molar-refractivity contribution in [1.82, 2.24) is 0 Å². The van der Waals surface area contributed by atoms with Gasteiger partial charge in [0.15, 0.2) is 0 Å². The molecule has 0 spiro atoms. The number of carboxylic acid groups (broad SMARTS) is 1. The van der Waals surface area contributed by atoms with Gasteiger partial charge in [-0.1, -0.05) is 0 Å². The first-order chi connectivity index (χ1) is 9.08. The molecule has 1 heterocycles. The first-order valence-corrected chi connectivity index (χ1v) is 7.24. The van der Waals surface area contributed by atoms with Gasteiger partial charge in [0.1, 0.15) is 5.82 Å². The van der Waals surface area contributed by atoms with Crippen molar-refractivity contribution in [3.8, 4) is 0 Å². The number of carbonyl (C=O) groups is 1. The Balaban J connectivity index is 2.30. The van der Waals surface area contributed by atoms with Crippen LogP contribution >= 0.6 is 11.8 Å². The normalized spacial score (nSPS) is 18.9. The number of aliphatic carboxylic acids is 1. The Bertz CT molecular complexity index is 498. The number of rotatable bonds is 4. The number of thioether (sulfide) groups is 1. The van der Waals surface area contributed by atoms with E-state index in [-0.39, 0.29) is 5.82 Å². The number of hydrogen-bond donors (Lipinski definition) is 1. The van der Waals surface area contributed by atoms with Gasteiger partial charge in [-0.25, -0.2) is 9.18 Å². The second-order valence-corrected chi connectivity index (χ2v) is 5.65. The maximum absolute atomic E-state index is 13.3. The molecule has 102 valence electrons. The lowest BCUT2D eigenvalue weighted by molar-refractivity contribution is -0.131. The third-order valence-electron chi connectivity index (χ3n) is 3.23. The zero-order chi connectivity index (χ0) is 13.8. The van der Waals surface area contributed by atoms with E-state index in [2.05, 4.69) is 4.90 Å². The third kappa shape index (κ3) is 3.50. The standard InChI is InChI=1S/C14H16FNO2S/c1-16(12-6-7-19-9-12)13-4-3-11(15)8-10(13)2-5-14(17)18/h2-5,8,12H,6-7,9H2,1H3,(H,17,18)/b5-2+. The topological polar surface area (TPSA) is 40.5 Å². The number of carboxylic acids is 1. The van der Waals surface area contributed by atoms with Crippen LogP contribution in [0.4, 0.5) is 10.1 Å². The van der Waals surface area contributed by atoms with Crippen molar-refractivity contribution in [3.05, 3.63) is 35.7 Å². The molecule has 1 aromatic rings. The molecule has 19 heavy (non-hydrogen) atoms. The molecule has 1 aromatic carbocycles. The van der Waals surface area contributed by atoms with Gasteiger partial charge in [-0.2, -0.15) is 11.8 Å². The summed E-state index contributed by atoms with van der Waals surface area (Å²) in [6.07, 6.45) is 3.58. The van der Waals surface area contributed by atoms with E-state index in [0.717, 1.165) is 29.7 Å². The summed E-state index contributed by atoms with van der Waals surface area (Å²) in [5, 5.41) is 8.69. The van der Waals surface area contributed by atoms with Crippen LogP contribution in [0.3, 0.4) is 0 Å². The smallest absolute Gasteiger partial charge is 0.328 e. The predicted molar refractivity (Wildman–Crippen MR) is 77.2 cm³/mol. The SMILES string of the molecule is CN(c1ccc(F)cc1/C=C/C(=O)O)C1CCSC1. The largest absolute Gasteiger partial charge is 0.478 e. The molecule has 0 bridgehead atoms. The second-order valence-electron chi connectivity index (χ2n) is 4.50. The van der Waals surface area contributed by atoms with Crippen LogP contribution in [0, 0.1) is 5.82 Å². The van der Waals surface area contributed by atoms with Crippen LogP contribution in [-0.4, -0.2) is 35.7 Å². The molecule has 0 aromatic heterocycles. The summed E-state index contributed by atoms with van der Waals surface area (Å²) in [6.45, 7) is 0. The van der Waals surface area contributed by atoms with Gasteiger partial charge in [0, 0.05) is 36.2 Å². The highest BCUT2D eigenvalue weighted by molar-refractivity contribution is 7.99. The van der Waals surface area contributed by atoms with Gasteiger partial charge in [0.2, 0.25) is 0 Å². The van der Waals surface area contributed by atoms with Crippen LogP contribution < -0.4 is 4.90 Å². The number of nitrogens with zero attached hydrogens (tertiary/aromatic N) is 1. The number of anilines is 1. The van der Waals surface area contributed by atoms with Crippen molar-refractivity contribution in [2.24, 2.45) is 0 Å². The molecule has 1 atom stereocenters. The van der Waals surface area contributed by atoms with Gasteiger partial charge in [-0.3, -0.25) is 0 Å². The molecule has 0 radical (unpaired) electrons. The molecule has 1 aliphatic rings. The van der Waals surface area contributed by atoms with Crippen LogP contribution in [0.15, 0.2) is 24.3 Å². The summed E-state index contributed by atoms with van der Waals surface area (Å²) in [5.41, 5.74) is 1.47. The highest BCUT2D eigenvalue weighted by atomic mass is 32.2. The molecular weight excluding hydrogens is 265 g/mol. The van der Waals surface area contributed by atoms with Crippen LogP contribution in [0.2, 0.25) is 0 Å². The molecule has 0 amide bonds. The maximum Gasteiger partial charge on any atom is 0.328 e. The fraction of sp³-hybridized carbons (Fsp3) is 0.357. The number of hydrogen-bond acceptors (Lipinski definition) is 3. The monoisotopic (exact) mass is 281 g/mol. The van der Waals surface area contributed by atoms with E-state index < -0.39 is 5.97 Å². The fourth-order valence-corrected chi connectivity index (χ4v) is 3.43. The van der Waals surface area contributed by atoms with Crippen LogP contribution in [0.1, 0.15) is 12.0 Å². The van der Waals surface area contributed by atoms with Crippen LogP contribution in [0.5, 0.6) is 0 Å². The molecule has 1 fully saturated rings. The Kier molecular flexibility index (Phi) is 4.47. The minimum absolute atomic E-state index is 0.358. The van der Waals surface area contributed by atoms with E-state index in [4.69, 9.17) is 5.11 Å². The lowest BCUT2D eigenvalue weighted by atomic mass is 10.1. The Morgan fingerprint density at radius 2 is 2.37 bits per heavy atom. The minimum atomic E-state index is -1.03. The van der Waals surface area contributed by atoms with E-state index in [0.29, 0.717) is 11.6 Å². The van der Waals surface area contributed by atoms with E-state index >= 15 is 0 Å². The first kappa shape index (κ1) is 13.9. The molecule has 0 saturated carbocycles. The summed E-state index contributed by atoms with van der Waals surface area (Å²) >= 11 is 1.90. The molecule has 5 heteroatoms. The molecule has 1 saturated heterocycles. The summed E-state index contributed by atoms with van der Waals surface area (Å²) in [7, 11) is 1.97. The Morgan fingerprint density at radius 1 is 1.58 bits per heavy atom. The zero-order valence-corrected chi connectivity index (χ0v) is 11.5. The van der Waals surface area contributed by atoms with Crippen molar-refractivity contribution in [2.45, 2.75) is 12.5 Å². The Hall–Kier alpha value is -1.49. The predicted octanol–water partition coefficient (Wildman–Crippen LogP) is 2.87. The molecular formula is C14H16FNO2S. The average Bonchev–Trinajstić information content (AvgIpc) is 2.89. The van der Waals surface area contributed by atoms with E-state index in [1.807, 2.05) is 18.8 Å². The summed E-state index contributed by atoms with van der Waals surface area (Å²) in [4.78, 5) is 12.7. The van der Waals surface area contributed by atoms with E-state index in [1.54, 1.807) is 6.07 Å². The lowest BCUT2D eigenvalue weighted by Crippen LogP contribution is -2.31. The van der Waals surface area contributed by atoms with Crippen molar-refractivity contribution < 1.29 is 14.3 Å². The minimum Gasteiger partial charge on any atom is -0.478 e. The van der Waals surface area contributed by atoms with Crippen molar-refractivity contribution in [3.63, 3.8) is 0 Å². The summed E-state index contributed by atoms with van der Waals surface area (Å²) in [5.74, 6) is 0.796. The first-order valence-electron chi connectivity index (χ1n) is 6.09. The fourth-order valence-electron chi connectivity index (χ4n) is 2.17. The van der Waals surface area contributed by atoms with Crippen molar-refractivity contribution in [1.29, 1.82) is 0 Å². The third-order valence-corrected chi connectivity index (χ3v) is 4.37. The van der Waals surface area contributed by atoms with Crippen molar-refractivity contribution in [2.75, 3.05) is 23.5 Å². The van der Waals surface area contributed by atoms with E-state index in [1.165, 1.54) is 18.2 Å². The van der Waals surface area contributed by atoms with Crippen LogP contribution in [-0.2, 0) is 4.79 Å². The van der Waals surface area contributed by atoms with Crippen LogP contribution in [0.25, 0.3) is 6.08 Å². The van der Waals surface area contributed by atoms with Gasteiger partial charge >= 0.3 is 5.97 Å². The van der Waals surface area contributed by atoms with Gasteiger partial charge in [0.05, 0.1) is 0 Å². The second kappa shape index (κ2) is 6.10. The van der Waals surface area contributed by atoms with Gasteiger partial charge in [-0.15, -0.1) is 0 Å². The molecule has 1 aliphatic heterocycles. The summed E-state index contributed by atoms with van der Waals surface area (Å²) in [6, 6.07) is 4.91. The van der Waals surface area contributed by atoms with Crippen molar-refractivity contribution >= 4 is 29.5 Å². The van der Waals surface area contributed by atoms with Gasteiger partial charge < -0.3 is 10.0 Å². The molecule has 3 nitrogen and oxygen atoms in total. The molecule has 1 N–H and O–H groups in total. The number of benzene rings is 1. The Labute approximate surface area is 116 Å². The summed E-state index contributed by atoms with van der Waals surface area (Å²) < 4.78 is 13.3.